The minimum absolute atomic E-state index is 0.337. The van der Waals surface area contributed by atoms with Gasteiger partial charge < -0.3 is 14.2 Å². The fourth-order valence-electron chi connectivity index (χ4n) is 2.64. The number of rotatable bonds is 4. The van der Waals surface area contributed by atoms with Crippen LogP contribution in [0.3, 0.4) is 0 Å². The maximum atomic E-state index is 11.3. The van der Waals surface area contributed by atoms with E-state index in [2.05, 4.69) is 28.0 Å². The molecular formula is C16H17N3O2. The molecule has 5 heteroatoms. The molecule has 0 amide bonds. The zero-order chi connectivity index (χ0) is 15.0. The van der Waals surface area contributed by atoms with E-state index in [0.29, 0.717) is 18.2 Å². The van der Waals surface area contributed by atoms with E-state index in [1.165, 1.54) is 0 Å². The van der Waals surface area contributed by atoms with E-state index in [0.717, 1.165) is 16.6 Å². The highest BCUT2D eigenvalue weighted by molar-refractivity contribution is 6.02. The van der Waals surface area contributed by atoms with Crippen molar-refractivity contribution in [3.8, 4) is 0 Å². The minimum atomic E-state index is -0.898. The number of hydrogen-bond acceptors (Lipinski definition) is 2. The van der Waals surface area contributed by atoms with Crippen LogP contribution in [0.15, 0.2) is 43.0 Å². The first-order chi connectivity index (χ1) is 10.1. The van der Waals surface area contributed by atoms with Crippen molar-refractivity contribution in [2.45, 2.75) is 26.4 Å². The van der Waals surface area contributed by atoms with Gasteiger partial charge in [-0.05, 0) is 32.0 Å². The van der Waals surface area contributed by atoms with Crippen molar-refractivity contribution in [1.82, 2.24) is 14.1 Å². The number of benzene rings is 1. The van der Waals surface area contributed by atoms with Gasteiger partial charge in [0.1, 0.15) is 0 Å². The highest BCUT2D eigenvalue weighted by Gasteiger charge is 2.12. The summed E-state index contributed by atoms with van der Waals surface area (Å²) < 4.78 is 4.17. The summed E-state index contributed by atoms with van der Waals surface area (Å²) in [5, 5.41) is 10.0. The Bertz CT molecular complexity index is 799. The standard InChI is InChI=1S/C16H17N3O2/c1-11(2)19-10-17-8-12(19)9-18-7-6-13-14(16(20)21)4-3-5-15(13)18/h3-8,10-11H,9H2,1-2H3,(H,20,21). The summed E-state index contributed by atoms with van der Waals surface area (Å²) in [6, 6.07) is 7.56. The predicted octanol–water partition coefficient (Wildman–Crippen LogP) is 3.17. The number of carboxylic acid groups (broad SMARTS) is 1. The monoisotopic (exact) mass is 283 g/mol. The topological polar surface area (TPSA) is 60.0 Å². The van der Waals surface area contributed by atoms with Crippen molar-refractivity contribution in [2.75, 3.05) is 0 Å². The van der Waals surface area contributed by atoms with Crippen LogP contribution in [0.1, 0.15) is 35.9 Å². The molecular weight excluding hydrogens is 266 g/mol. The fourth-order valence-corrected chi connectivity index (χ4v) is 2.64. The Labute approximate surface area is 122 Å². The molecule has 3 aromatic rings. The molecule has 2 aromatic heterocycles. The van der Waals surface area contributed by atoms with Gasteiger partial charge in [-0.15, -0.1) is 0 Å². The Kier molecular flexibility index (Phi) is 3.25. The summed E-state index contributed by atoms with van der Waals surface area (Å²) in [6.07, 6.45) is 5.61. The highest BCUT2D eigenvalue weighted by atomic mass is 16.4. The second kappa shape index (κ2) is 5.09. The van der Waals surface area contributed by atoms with Crippen molar-refractivity contribution >= 4 is 16.9 Å². The Hall–Kier alpha value is -2.56. The van der Waals surface area contributed by atoms with Gasteiger partial charge in [0.05, 0.1) is 24.1 Å². The van der Waals surface area contributed by atoms with Gasteiger partial charge in [-0.1, -0.05) is 6.07 Å². The molecule has 5 nitrogen and oxygen atoms in total. The number of imidazole rings is 1. The van der Waals surface area contributed by atoms with Gasteiger partial charge in [-0.25, -0.2) is 9.78 Å². The Morgan fingerprint density at radius 3 is 2.86 bits per heavy atom. The molecule has 0 spiro atoms. The second-order valence-electron chi connectivity index (χ2n) is 5.37. The van der Waals surface area contributed by atoms with Crippen LogP contribution in [0.25, 0.3) is 10.9 Å². The molecule has 0 radical (unpaired) electrons. The molecule has 21 heavy (non-hydrogen) atoms. The van der Waals surface area contributed by atoms with Crippen molar-refractivity contribution < 1.29 is 9.90 Å². The summed E-state index contributed by atoms with van der Waals surface area (Å²) in [5.74, 6) is -0.898. The van der Waals surface area contributed by atoms with Gasteiger partial charge >= 0.3 is 5.97 Å². The number of hydrogen-bond donors (Lipinski definition) is 1. The van der Waals surface area contributed by atoms with Gasteiger partial charge in [0.2, 0.25) is 0 Å². The van der Waals surface area contributed by atoms with Crippen LogP contribution >= 0.6 is 0 Å². The minimum Gasteiger partial charge on any atom is -0.478 e. The van der Waals surface area contributed by atoms with Gasteiger partial charge in [0.25, 0.3) is 0 Å². The molecule has 0 aliphatic carbocycles. The van der Waals surface area contributed by atoms with E-state index in [1.54, 1.807) is 12.1 Å². The molecule has 0 saturated carbocycles. The quantitative estimate of drug-likeness (QED) is 0.800. The van der Waals surface area contributed by atoms with Gasteiger partial charge in [-0.3, -0.25) is 0 Å². The summed E-state index contributed by atoms with van der Waals surface area (Å²) in [6.45, 7) is 4.90. The molecule has 0 atom stereocenters. The Balaban J connectivity index is 2.04. The predicted molar refractivity (Wildman–Crippen MR) is 80.6 cm³/mol. The second-order valence-corrected chi connectivity index (χ2v) is 5.37. The van der Waals surface area contributed by atoms with E-state index in [-0.39, 0.29) is 0 Å². The zero-order valence-corrected chi connectivity index (χ0v) is 12.0. The molecule has 0 fully saturated rings. The van der Waals surface area contributed by atoms with E-state index in [9.17, 15) is 9.90 Å². The number of fused-ring (bicyclic) bond motifs is 1. The summed E-state index contributed by atoms with van der Waals surface area (Å²) in [7, 11) is 0. The number of aromatic nitrogens is 3. The number of nitrogens with zero attached hydrogens (tertiary/aromatic N) is 3. The molecule has 0 unspecified atom stereocenters. The molecule has 3 rings (SSSR count). The Morgan fingerprint density at radius 1 is 1.33 bits per heavy atom. The zero-order valence-electron chi connectivity index (χ0n) is 12.0. The average Bonchev–Trinajstić information content (AvgIpc) is 3.06. The summed E-state index contributed by atoms with van der Waals surface area (Å²) in [5.41, 5.74) is 2.36. The van der Waals surface area contributed by atoms with Crippen molar-refractivity contribution in [1.29, 1.82) is 0 Å². The Morgan fingerprint density at radius 2 is 2.14 bits per heavy atom. The van der Waals surface area contributed by atoms with Crippen LogP contribution in [0.2, 0.25) is 0 Å². The third-order valence-electron chi connectivity index (χ3n) is 3.68. The van der Waals surface area contributed by atoms with E-state index < -0.39 is 5.97 Å². The van der Waals surface area contributed by atoms with Gasteiger partial charge in [-0.2, -0.15) is 0 Å². The largest absolute Gasteiger partial charge is 0.478 e. The van der Waals surface area contributed by atoms with Crippen LogP contribution in [0.5, 0.6) is 0 Å². The molecule has 0 aliphatic rings. The SMILES string of the molecule is CC(C)n1cncc1Cn1ccc2c(C(=O)O)cccc21. The normalized spacial score (nSPS) is 11.4. The van der Waals surface area contributed by atoms with Crippen LogP contribution in [-0.2, 0) is 6.54 Å². The molecule has 0 bridgehead atoms. The van der Waals surface area contributed by atoms with E-state index in [1.807, 2.05) is 30.9 Å². The molecule has 1 N–H and O–H groups in total. The highest BCUT2D eigenvalue weighted by Crippen LogP contribution is 2.22. The lowest BCUT2D eigenvalue weighted by molar-refractivity contribution is 0.0699. The van der Waals surface area contributed by atoms with E-state index >= 15 is 0 Å². The first-order valence-electron chi connectivity index (χ1n) is 6.90. The number of aromatic carboxylic acids is 1. The van der Waals surface area contributed by atoms with Gasteiger partial charge in [0.15, 0.2) is 0 Å². The van der Waals surface area contributed by atoms with Crippen LogP contribution in [0.4, 0.5) is 0 Å². The van der Waals surface area contributed by atoms with Crippen LogP contribution in [0, 0.1) is 0 Å². The van der Waals surface area contributed by atoms with Crippen molar-refractivity contribution in [3.63, 3.8) is 0 Å². The maximum absolute atomic E-state index is 11.3. The smallest absolute Gasteiger partial charge is 0.336 e. The maximum Gasteiger partial charge on any atom is 0.336 e. The molecule has 0 saturated heterocycles. The third kappa shape index (κ3) is 2.31. The van der Waals surface area contributed by atoms with Crippen LogP contribution < -0.4 is 0 Å². The lowest BCUT2D eigenvalue weighted by atomic mass is 10.1. The van der Waals surface area contributed by atoms with Crippen molar-refractivity contribution in [3.05, 3.63) is 54.2 Å². The number of carboxylic acids is 1. The first kappa shape index (κ1) is 13.4. The summed E-state index contributed by atoms with van der Waals surface area (Å²) in [4.78, 5) is 15.5. The molecule has 2 heterocycles. The lowest BCUT2D eigenvalue weighted by Gasteiger charge is -2.13. The molecule has 1 aromatic carbocycles. The van der Waals surface area contributed by atoms with Crippen LogP contribution in [-0.4, -0.2) is 25.2 Å². The average molecular weight is 283 g/mol. The molecule has 0 aliphatic heterocycles. The lowest BCUT2D eigenvalue weighted by Crippen LogP contribution is -2.08. The summed E-state index contributed by atoms with van der Waals surface area (Å²) >= 11 is 0. The number of carbonyl (C=O) groups is 1. The van der Waals surface area contributed by atoms with Crippen molar-refractivity contribution in [2.24, 2.45) is 0 Å². The van der Waals surface area contributed by atoms with Gasteiger partial charge in [0, 0.05) is 29.3 Å². The van der Waals surface area contributed by atoms with E-state index in [4.69, 9.17) is 0 Å². The third-order valence-corrected chi connectivity index (χ3v) is 3.68. The molecule has 108 valence electrons. The first-order valence-corrected chi connectivity index (χ1v) is 6.90. The fraction of sp³-hybridized carbons (Fsp3) is 0.250.